The quantitative estimate of drug-likeness (QED) is 0.443. The second-order valence-corrected chi connectivity index (χ2v) is 5.98. The van der Waals surface area contributed by atoms with Gasteiger partial charge in [0.15, 0.2) is 11.8 Å². The SMILES string of the molecule is CCCNC(=O)CN=C(NCC)NC1CCc2nc(COC)nn2C1. The van der Waals surface area contributed by atoms with Crippen LogP contribution in [-0.2, 0) is 29.1 Å². The number of methoxy groups -OCH3 is 1. The van der Waals surface area contributed by atoms with Crippen molar-refractivity contribution in [2.75, 3.05) is 26.7 Å². The second kappa shape index (κ2) is 9.97. The third-order valence-electron chi connectivity index (χ3n) is 3.81. The van der Waals surface area contributed by atoms with Crippen molar-refractivity contribution >= 4 is 11.9 Å². The number of aromatic nitrogens is 3. The molecule has 1 aliphatic rings. The van der Waals surface area contributed by atoms with Crippen molar-refractivity contribution in [2.45, 2.75) is 52.3 Å². The Labute approximate surface area is 148 Å². The van der Waals surface area contributed by atoms with Crippen LogP contribution in [-0.4, -0.2) is 59.4 Å². The Morgan fingerprint density at radius 2 is 2.24 bits per heavy atom. The van der Waals surface area contributed by atoms with Crippen LogP contribution in [0.15, 0.2) is 4.99 Å². The summed E-state index contributed by atoms with van der Waals surface area (Å²) in [5.41, 5.74) is 0. The molecule has 2 rings (SSSR count). The molecule has 0 spiro atoms. The van der Waals surface area contributed by atoms with E-state index in [-0.39, 0.29) is 18.5 Å². The minimum Gasteiger partial charge on any atom is -0.377 e. The lowest BCUT2D eigenvalue weighted by Gasteiger charge is -2.25. The first-order chi connectivity index (χ1) is 12.2. The zero-order chi connectivity index (χ0) is 18.1. The molecule has 9 heteroatoms. The number of carbonyl (C=O) groups is 1. The monoisotopic (exact) mass is 351 g/mol. The Kier molecular flexibility index (Phi) is 7.65. The number of carbonyl (C=O) groups excluding carboxylic acids is 1. The number of aryl methyl sites for hydroxylation is 1. The van der Waals surface area contributed by atoms with Gasteiger partial charge in [-0.05, 0) is 19.8 Å². The van der Waals surface area contributed by atoms with Gasteiger partial charge in [0.05, 0.1) is 6.54 Å². The molecule has 2 heterocycles. The van der Waals surface area contributed by atoms with Gasteiger partial charge in [-0.2, -0.15) is 5.10 Å². The van der Waals surface area contributed by atoms with Gasteiger partial charge in [-0.3, -0.25) is 4.79 Å². The number of nitrogens with one attached hydrogen (secondary N) is 3. The Hall–Kier alpha value is -2.16. The summed E-state index contributed by atoms with van der Waals surface area (Å²) in [4.78, 5) is 20.6. The number of ether oxygens (including phenoxy) is 1. The second-order valence-electron chi connectivity index (χ2n) is 5.98. The molecule has 1 aliphatic heterocycles. The van der Waals surface area contributed by atoms with Crippen molar-refractivity contribution in [3.8, 4) is 0 Å². The maximum Gasteiger partial charge on any atom is 0.241 e. The van der Waals surface area contributed by atoms with E-state index in [1.807, 2.05) is 18.5 Å². The van der Waals surface area contributed by atoms with Crippen LogP contribution in [0.2, 0.25) is 0 Å². The van der Waals surface area contributed by atoms with Crippen LogP contribution in [0.1, 0.15) is 38.3 Å². The van der Waals surface area contributed by atoms with Crippen LogP contribution in [0.25, 0.3) is 0 Å². The first kappa shape index (κ1) is 19.2. The Morgan fingerprint density at radius 3 is 2.96 bits per heavy atom. The highest BCUT2D eigenvalue weighted by molar-refractivity contribution is 5.85. The third-order valence-corrected chi connectivity index (χ3v) is 3.81. The predicted molar refractivity (Wildman–Crippen MR) is 95.3 cm³/mol. The summed E-state index contributed by atoms with van der Waals surface area (Å²) in [7, 11) is 1.64. The first-order valence-electron chi connectivity index (χ1n) is 8.89. The third kappa shape index (κ3) is 6.00. The fourth-order valence-corrected chi connectivity index (χ4v) is 2.65. The maximum atomic E-state index is 11.7. The molecule has 1 amide bonds. The van der Waals surface area contributed by atoms with Gasteiger partial charge >= 0.3 is 0 Å². The molecular formula is C16H29N7O2. The molecule has 0 saturated carbocycles. The van der Waals surface area contributed by atoms with E-state index in [4.69, 9.17) is 4.74 Å². The molecule has 1 unspecified atom stereocenters. The van der Waals surface area contributed by atoms with Gasteiger partial charge in [0.2, 0.25) is 5.91 Å². The van der Waals surface area contributed by atoms with E-state index in [9.17, 15) is 4.79 Å². The van der Waals surface area contributed by atoms with Gasteiger partial charge in [0.1, 0.15) is 19.0 Å². The lowest BCUT2D eigenvalue weighted by molar-refractivity contribution is -0.119. The summed E-state index contributed by atoms with van der Waals surface area (Å²) in [6.45, 7) is 6.71. The molecule has 0 fully saturated rings. The summed E-state index contributed by atoms with van der Waals surface area (Å²) in [5.74, 6) is 2.29. The zero-order valence-corrected chi connectivity index (χ0v) is 15.3. The zero-order valence-electron chi connectivity index (χ0n) is 15.3. The summed E-state index contributed by atoms with van der Waals surface area (Å²) < 4.78 is 7.01. The van der Waals surface area contributed by atoms with E-state index in [0.717, 1.165) is 38.2 Å². The summed E-state index contributed by atoms with van der Waals surface area (Å²) in [5, 5.41) is 13.9. The standard InChI is InChI=1S/C16H29N7O2/c1-4-8-18-15(24)9-19-16(17-5-2)20-12-6-7-14-21-13(11-25-3)22-23(14)10-12/h12H,4-11H2,1-3H3,(H,18,24)(H2,17,19,20). The molecule has 0 bridgehead atoms. The van der Waals surface area contributed by atoms with E-state index >= 15 is 0 Å². The minimum absolute atomic E-state index is 0.0644. The van der Waals surface area contributed by atoms with Crippen molar-refractivity contribution in [3.05, 3.63) is 11.6 Å². The van der Waals surface area contributed by atoms with Crippen LogP contribution in [0.5, 0.6) is 0 Å². The molecular weight excluding hydrogens is 322 g/mol. The normalized spacial score (nSPS) is 17.1. The molecule has 1 aromatic heterocycles. The molecule has 1 atom stereocenters. The van der Waals surface area contributed by atoms with Crippen molar-refractivity contribution in [3.63, 3.8) is 0 Å². The number of aliphatic imine (C=N–C) groups is 1. The van der Waals surface area contributed by atoms with E-state index in [1.165, 1.54) is 0 Å². The molecule has 9 nitrogen and oxygen atoms in total. The Bertz CT molecular complexity index is 585. The Morgan fingerprint density at radius 1 is 1.40 bits per heavy atom. The van der Waals surface area contributed by atoms with Crippen LogP contribution < -0.4 is 16.0 Å². The number of amides is 1. The van der Waals surface area contributed by atoms with Crippen molar-refractivity contribution in [2.24, 2.45) is 4.99 Å². The maximum absolute atomic E-state index is 11.7. The largest absolute Gasteiger partial charge is 0.377 e. The van der Waals surface area contributed by atoms with Crippen molar-refractivity contribution in [1.29, 1.82) is 0 Å². The van der Waals surface area contributed by atoms with Crippen molar-refractivity contribution in [1.82, 2.24) is 30.7 Å². The van der Waals surface area contributed by atoms with Gasteiger partial charge in [-0.15, -0.1) is 0 Å². The number of rotatable bonds is 8. The van der Waals surface area contributed by atoms with E-state index in [0.29, 0.717) is 24.9 Å². The average Bonchev–Trinajstić information content (AvgIpc) is 3.00. The fourth-order valence-electron chi connectivity index (χ4n) is 2.65. The van der Waals surface area contributed by atoms with E-state index in [2.05, 4.69) is 31.0 Å². The topological polar surface area (TPSA) is 105 Å². The highest BCUT2D eigenvalue weighted by Gasteiger charge is 2.22. The van der Waals surface area contributed by atoms with Crippen LogP contribution in [0.4, 0.5) is 0 Å². The fraction of sp³-hybridized carbons (Fsp3) is 0.750. The van der Waals surface area contributed by atoms with Gasteiger partial charge < -0.3 is 20.7 Å². The molecule has 0 aromatic carbocycles. The van der Waals surface area contributed by atoms with E-state index in [1.54, 1.807) is 7.11 Å². The van der Waals surface area contributed by atoms with E-state index < -0.39 is 0 Å². The summed E-state index contributed by atoms with van der Waals surface area (Å²) in [6, 6.07) is 0.195. The van der Waals surface area contributed by atoms with Crippen LogP contribution in [0.3, 0.4) is 0 Å². The number of fused-ring (bicyclic) bond motifs is 1. The lowest BCUT2D eigenvalue weighted by atomic mass is 10.1. The van der Waals surface area contributed by atoms with Gasteiger partial charge in [0, 0.05) is 32.7 Å². The first-order valence-corrected chi connectivity index (χ1v) is 8.89. The average molecular weight is 351 g/mol. The Balaban J connectivity index is 1.91. The molecule has 3 N–H and O–H groups in total. The molecule has 0 saturated heterocycles. The summed E-state index contributed by atoms with van der Waals surface area (Å²) >= 11 is 0. The molecule has 140 valence electrons. The molecule has 25 heavy (non-hydrogen) atoms. The molecule has 0 aliphatic carbocycles. The van der Waals surface area contributed by atoms with Gasteiger partial charge in [-0.25, -0.2) is 14.7 Å². The highest BCUT2D eigenvalue weighted by atomic mass is 16.5. The van der Waals surface area contributed by atoms with Gasteiger partial charge in [-0.1, -0.05) is 6.92 Å². The molecule has 0 radical (unpaired) electrons. The minimum atomic E-state index is -0.0644. The van der Waals surface area contributed by atoms with Gasteiger partial charge in [0.25, 0.3) is 0 Å². The van der Waals surface area contributed by atoms with Crippen LogP contribution >= 0.6 is 0 Å². The number of hydrogen-bond donors (Lipinski definition) is 3. The predicted octanol–water partition coefficient (Wildman–Crippen LogP) is -0.179. The highest BCUT2D eigenvalue weighted by Crippen LogP contribution is 2.13. The lowest BCUT2D eigenvalue weighted by Crippen LogP contribution is -2.47. The summed E-state index contributed by atoms with van der Waals surface area (Å²) in [6.07, 6.45) is 2.71. The number of guanidine groups is 1. The smallest absolute Gasteiger partial charge is 0.241 e. The number of hydrogen-bond acceptors (Lipinski definition) is 5. The van der Waals surface area contributed by atoms with Crippen LogP contribution in [0, 0.1) is 0 Å². The number of nitrogens with zero attached hydrogens (tertiary/aromatic N) is 4. The molecule has 1 aromatic rings. The van der Waals surface area contributed by atoms with Crippen molar-refractivity contribution < 1.29 is 9.53 Å².